The van der Waals surface area contributed by atoms with Gasteiger partial charge in [-0.1, -0.05) is 47.5 Å². The molecule has 0 spiro atoms. The van der Waals surface area contributed by atoms with Gasteiger partial charge in [-0.2, -0.15) is 0 Å². The number of anilines is 1. The van der Waals surface area contributed by atoms with Crippen LogP contribution in [0.15, 0.2) is 49.1 Å². The molecular weight excluding hydrogens is 329 g/mol. The van der Waals surface area contributed by atoms with E-state index < -0.39 is 0 Å². The summed E-state index contributed by atoms with van der Waals surface area (Å²) in [7, 11) is 0. The Labute approximate surface area is 139 Å². The third kappa shape index (κ3) is 4.57. The smallest absolute Gasteiger partial charge is 0.124 e. The zero-order chi connectivity index (χ0) is 15.2. The van der Waals surface area contributed by atoms with Gasteiger partial charge in [0.1, 0.15) is 12.4 Å². The molecule has 2 aromatic carbocycles. The maximum absolute atomic E-state index is 6.04. The summed E-state index contributed by atoms with van der Waals surface area (Å²) in [6.45, 7) is 4.65. The van der Waals surface area contributed by atoms with Gasteiger partial charge in [0.05, 0.1) is 10.0 Å². The second-order valence-corrected chi connectivity index (χ2v) is 5.59. The quantitative estimate of drug-likeness (QED) is 0.667. The number of nitrogens with one attached hydrogen (secondary N) is 1. The van der Waals surface area contributed by atoms with Crippen molar-refractivity contribution in [3.63, 3.8) is 0 Å². The zero-order valence-corrected chi connectivity index (χ0v) is 13.5. The molecule has 0 saturated heterocycles. The molecule has 1 N–H and O–H groups in total. The van der Waals surface area contributed by atoms with Gasteiger partial charge >= 0.3 is 0 Å². The second kappa shape index (κ2) is 7.60. The Bertz CT molecular complexity index is 643. The van der Waals surface area contributed by atoms with Gasteiger partial charge in [0, 0.05) is 22.8 Å². The first-order valence-corrected chi connectivity index (χ1v) is 7.44. The van der Waals surface area contributed by atoms with Gasteiger partial charge in [0.15, 0.2) is 0 Å². The highest BCUT2D eigenvalue weighted by atomic mass is 35.5. The van der Waals surface area contributed by atoms with Crippen molar-refractivity contribution < 1.29 is 4.74 Å². The van der Waals surface area contributed by atoms with E-state index in [0.717, 1.165) is 17.0 Å². The average Bonchev–Trinajstić information content (AvgIpc) is 2.47. The highest BCUT2D eigenvalue weighted by molar-refractivity contribution is 6.42. The molecule has 5 heteroatoms. The first-order valence-electron chi connectivity index (χ1n) is 6.31. The van der Waals surface area contributed by atoms with E-state index in [-0.39, 0.29) is 0 Å². The monoisotopic (exact) mass is 341 g/mol. The molecule has 21 heavy (non-hydrogen) atoms. The van der Waals surface area contributed by atoms with E-state index in [0.29, 0.717) is 28.2 Å². The Morgan fingerprint density at radius 2 is 1.86 bits per heavy atom. The molecule has 2 nitrogen and oxygen atoms in total. The SMILES string of the molecule is C=CCOc1ccc(Cl)cc1CNc1ccc(Cl)c(Cl)c1. The van der Waals surface area contributed by atoms with Crippen molar-refractivity contribution in [2.75, 3.05) is 11.9 Å². The van der Waals surface area contributed by atoms with E-state index in [1.54, 1.807) is 24.3 Å². The van der Waals surface area contributed by atoms with E-state index in [1.165, 1.54) is 0 Å². The lowest BCUT2D eigenvalue weighted by Gasteiger charge is -2.13. The van der Waals surface area contributed by atoms with Crippen LogP contribution in [-0.4, -0.2) is 6.61 Å². The Balaban J connectivity index is 2.12. The Kier molecular flexibility index (Phi) is 5.80. The molecule has 0 saturated carbocycles. The molecule has 0 aliphatic carbocycles. The number of ether oxygens (including phenoxy) is 1. The molecule has 2 aromatic rings. The van der Waals surface area contributed by atoms with Crippen LogP contribution in [0, 0.1) is 0 Å². The standard InChI is InChI=1S/C16H14Cl3NO/c1-2-7-21-16-6-3-12(17)8-11(16)10-20-13-4-5-14(18)15(19)9-13/h2-6,8-9,20H,1,7,10H2. The Hall–Kier alpha value is -1.35. The normalized spacial score (nSPS) is 10.2. The number of halogens is 3. The van der Waals surface area contributed by atoms with Gasteiger partial charge in [-0.25, -0.2) is 0 Å². The highest BCUT2D eigenvalue weighted by Gasteiger charge is 2.05. The molecular formula is C16H14Cl3NO. The molecule has 110 valence electrons. The lowest BCUT2D eigenvalue weighted by molar-refractivity contribution is 0.359. The minimum atomic E-state index is 0.446. The van der Waals surface area contributed by atoms with Gasteiger partial charge in [-0.15, -0.1) is 0 Å². The van der Waals surface area contributed by atoms with Crippen molar-refractivity contribution in [2.24, 2.45) is 0 Å². The first kappa shape index (κ1) is 16.0. The molecule has 0 radical (unpaired) electrons. The van der Waals surface area contributed by atoms with E-state index in [4.69, 9.17) is 39.5 Å². The molecule has 0 unspecified atom stereocenters. The number of hydrogen-bond acceptors (Lipinski definition) is 2. The summed E-state index contributed by atoms with van der Waals surface area (Å²) >= 11 is 17.9. The zero-order valence-electron chi connectivity index (χ0n) is 11.2. The van der Waals surface area contributed by atoms with Gasteiger partial charge in [0.2, 0.25) is 0 Å². The van der Waals surface area contributed by atoms with Crippen molar-refractivity contribution >= 4 is 40.5 Å². The molecule has 0 atom stereocenters. The fourth-order valence-electron chi connectivity index (χ4n) is 1.78. The Morgan fingerprint density at radius 1 is 1.05 bits per heavy atom. The molecule has 0 heterocycles. The first-order chi connectivity index (χ1) is 10.1. The maximum atomic E-state index is 6.04. The van der Waals surface area contributed by atoms with Crippen LogP contribution in [0.3, 0.4) is 0 Å². The maximum Gasteiger partial charge on any atom is 0.124 e. The summed E-state index contributed by atoms with van der Waals surface area (Å²) in [5, 5.41) is 4.96. The van der Waals surface area contributed by atoms with Gasteiger partial charge in [-0.3, -0.25) is 0 Å². The molecule has 0 aromatic heterocycles. The molecule has 2 rings (SSSR count). The Morgan fingerprint density at radius 3 is 2.57 bits per heavy atom. The van der Waals surface area contributed by atoms with Crippen molar-refractivity contribution in [2.45, 2.75) is 6.54 Å². The molecule has 0 aliphatic rings. The van der Waals surface area contributed by atoms with Crippen LogP contribution in [0.25, 0.3) is 0 Å². The van der Waals surface area contributed by atoms with Crippen LogP contribution < -0.4 is 10.1 Å². The second-order valence-electron chi connectivity index (χ2n) is 4.33. The predicted molar refractivity (Wildman–Crippen MR) is 90.9 cm³/mol. The number of rotatable bonds is 6. The van der Waals surface area contributed by atoms with Crippen LogP contribution >= 0.6 is 34.8 Å². The van der Waals surface area contributed by atoms with Crippen LogP contribution in [0.2, 0.25) is 15.1 Å². The van der Waals surface area contributed by atoms with E-state index >= 15 is 0 Å². The third-order valence-corrected chi connectivity index (χ3v) is 3.76. The number of benzene rings is 2. The van der Waals surface area contributed by atoms with E-state index in [9.17, 15) is 0 Å². The summed E-state index contributed by atoms with van der Waals surface area (Å²) in [5.41, 5.74) is 1.83. The van der Waals surface area contributed by atoms with Crippen molar-refractivity contribution in [3.05, 3.63) is 69.7 Å². The largest absolute Gasteiger partial charge is 0.489 e. The third-order valence-electron chi connectivity index (χ3n) is 2.78. The van der Waals surface area contributed by atoms with Gasteiger partial charge < -0.3 is 10.1 Å². The minimum absolute atomic E-state index is 0.446. The topological polar surface area (TPSA) is 21.3 Å². The van der Waals surface area contributed by atoms with Crippen LogP contribution in [0.4, 0.5) is 5.69 Å². The average molecular weight is 343 g/mol. The van der Waals surface area contributed by atoms with E-state index in [2.05, 4.69) is 11.9 Å². The predicted octanol–water partition coefficient (Wildman–Crippen LogP) is 5.82. The fourth-order valence-corrected chi connectivity index (χ4v) is 2.27. The minimum Gasteiger partial charge on any atom is -0.489 e. The summed E-state index contributed by atoms with van der Waals surface area (Å²) in [5.74, 6) is 0.770. The van der Waals surface area contributed by atoms with Gasteiger partial charge in [-0.05, 0) is 36.4 Å². The number of hydrogen-bond donors (Lipinski definition) is 1. The molecule has 0 aliphatic heterocycles. The van der Waals surface area contributed by atoms with E-state index in [1.807, 2.05) is 18.2 Å². The van der Waals surface area contributed by atoms with Gasteiger partial charge in [0.25, 0.3) is 0 Å². The van der Waals surface area contributed by atoms with Crippen LogP contribution in [0.1, 0.15) is 5.56 Å². The summed E-state index contributed by atoms with van der Waals surface area (Å²) < 4.78 is 5.61. The summed E-state index contributed by atoms with van der Waals surface area (Å²) in [6.07, 6.45) is 1.70. The van der Waals surface area contributed by atoms with Crippen LogP contribution in [0.5, 0.6) is 5.75 Å². The van der Waals surface area contributed by atoms with Crippen molar-refractivity contribution in [3.8, 4) is 5.75 Å². The lowest BCUT2D eigenvalue weighted by Crippen LogP contribution is -2.03. The highest BCUT2D eigenvalue weighted by Crippen LogP contribution is 2.27. The lowest BCUT2D eigenvalue weighted by atomic mass is 10.2. The van der Waals surface area contributed by atoms with Crippen molar-refractivity contribution in [1.29, 1.82) is 0 Å². The fraction of sp³-hybridized carbons (Fsp3) is 0.125. The molecule has 0 fully saturated rings. The van der Waals surface area contributed by atoms with Crippen LogP contribution in [-0.2, 0) is 6.54 Å². The van der Waals surface area contributed by atoms with Crippen molar-refractivity contribution in [1.82, 2.24) is 0 Å². The summed E-state index contributed by atoms with van der Waals surface area (Å²) in [4.78, 5) is 0. The molecule has 0 bridgehead atoms. The molecule has 0 amide bonds. The summed E-state index contributed by atoms with van der Waals surface area (Å²) in [6, 6.07) is 10.9.